The van der Waals surface area contributed by atoms with Crippen LogP contribution in [-0.4, -0.2) is 24.7 Å². The van der Waals surface area contributed by atoms with Crippen molar-refractivity contribution in [2.75, 3.05) is 13.0 Å². The number of carbonyl (C=O) groups is 2. The summed E-state index contributed by atoms with van der Waals surface area (Å²) >= 11 is 5.55. The number of hydrogen-bond donors (Lipinski definition) is 0. The van der Waals surface area contributed by atoms with Gasteiger partial charge < -0.3 is 4.74 Å². The molecule has 0 saturated carbocycles. The van der Waals surface area contributed by atoms with E-state index in [9.17, 15) is 9.59 Å². The quantitative estimate of drug-likeness (QED) is 0.339. The average molecular weight is 255 g/mol. The molecule has 0 aliphatic heterocycles. The molecule has 0 fully saturated rings. The smallest absolute Gasteiger partial charge is 0.338 e. The summed E-state index contributed by atoms with van der Waals surface area (Å²) in [6, 6.07) is 6.69. The second-order valence-corrected chi connectivity index (χ2v) is 3.98. The average Bonchev–Trinajstić information content (AvgIpc) is 2.38. The standard InChI is InChI=1S/C13H15ClO3/c1-17-13(16)11-7-3-2-6-10(11)12(15)8-4-5-9-14/h2-3,6-7H,4-5,8-9H2,1H3. The highest BCUT2D eigenvalue weighted by Crippen LogP contribution is 2.14. The molecule has 0 atom stereocenters. The second-order valence-electron chi connectivity index (χ2n) is 3.61. The molecule has 0 amide bonds. The minimum Gasteiger partial charge on any atom is -0.465 e. The lowest BCUT2D eigenvalue weighted by Crippen LogP contribution is -2.10. The number of ether oxygens (including phenoxy) is 1. The lowest BCUT2D eigenvalue weighted by Gasteiger charge is -2.06. The Morgan fingerprint density at radius 3 is 2.41 bits per heavy atom. The van der Waals surface area contributed by atoms with Gasteiger partial charge in [0, 0.05) is 17.9 Å². The third-order valence-electron chi connectivity index (χ3n) is 2.42. The summed E-state index contributed by atoms with van der Waals surface area (Å²) in [5.74, 6) is 0.0220. The van der Waals surface area contributed by atoms with Crippen molar-refractivity contribution in [1.82, 2.24) is 0 Å². The van der Waals surface area contributed by atoms with Crippen molar-refractivity contribution in [1.29, 1.82) is 0 Å². The Hall–Kier alpha value is -1.35. The second kappa shape index (κ2) is 7.07. The van der Waals surface area contributed by atoms with Gasteiger partial charge in [0.2, 0.25) is 0 Å². The van der Waals surface area contributed by atoms with Crippen LogP contribution in [0.1, 0.15) is 40.0 Å². The number of unbranched alkanes of at least 4 members (excludes halogenated alkanes) is 1. The van der Waals surface area contributed by atoms with Crippen molar-refractivity contribution in [3.63, 3.8) is 0 Å². The molecule has 0 unspecified atom stereocenters. The summed E-state index contributed by atoms with van der Waals surface area (Å²) in [5, 5.41) is 0. The van der Waals surface area contributed by atoms with Gasteiger partial charge in [-0.3, -0.25) is 4.79 Å². The van der Waals surface area contributed by atoms with E-state index < -0.39 is 5.97 Å². The lowest BCUT2D eigenvalue weighted by atomic mass is 10.0. The van der Waals surface area contributed by atoms with Crippen molar-refractivity contribution >= 4 is 23.4 Å². The molecular weight excluding hydrogens is 240 g/mol. The molecule has 1 rings (SSSR count). The first-order valence-electron chi connectivity index (χ1n) is 5.47. The van der Waals surface area contributed by atoms with E-state index in [0.29, 0.717) is 23.4 Å². The van der Waals surface area contributed by atoms with E-state index >= 15 is 0 Å². The molecule has 1 aromatic rings. The first-order chi connectivity index (χ1) is 8.20. The van der Waals surface area contributed by atoms with Crippen LogP contribution in [0.4, 0.5) is 0 Å². The van der Waals surface area contributed by atoms with Crippen LogP contribution >= 0.6 is 11.6 Å². The highest BCUT2D eigenvalue weighted by molar-refractivity contribution is 6.17. The van der Waals surface area contributed by atoms with Crippen LogP contribution in [0.15, 0.2) is 24.3 Å². The van der Waals surface area contributed by atoms with Gasteiger partial charge in [0.05, 0.1) is 12.7 Å². The minimum atomic E-state index is -0.480. The summed E-state index contributed by atoms with van der Waals surface area (Å²) in [4.78, 5) is 23.4. The zero-order chi connectivity index (χ0) is 12.7. The predicted octanol–water partition coefficient (Wildman–Crippen LogP) is 3.07. The number of alkyl halides is 1. The van der Waals surface area contributed by atoms with Crippen LogP contribution in [0, 0.1) is 0 Å². The highest BCUT2D eigenvalue weighted by atomic mass is 35.5. The van der Waals surface area contributed by atoms with Crippen LogP contribution in [0.5, 0.6) is 0 Å². The normalized spacial score (nSPS) is 10.0. The number of esters is 1. The fourth-order valence-corrected chi connectivity index (χ4v) is 1.72. The van der Waals surface area contributed by atoms with Crippen LogP contribution < -0.4 is 0 Å². The SMILES string of the molecule is COC(=O)c1ccccc1C(=O)CCCCCl. The number of ketones is 1. The zero-order valence-electron chi connectivity index (χ0n) is 9.74. The summed E-state index contributed by atoms with van der Waals surface area (Å²) in [7, 11) is 1.30. The minimum absolute atomic E-state index is 0.0453. The molecule has 3 nitrogen and oxygen atoms in total. The number of benzene rings is 1. The van der Waals surface area contributed by atoms with Crippen molar-refractivity contribution in [2.24, 2.45) is 0 Å². The number of halogens is 1. The Morgan fingerprint density at radius 1 is 1.18 bits per heavy atom. The molecule has 4 heteroatoms. The molecule has 0 radical (unpaired) electrons. The molecule has 1 aromatic carbocycles. The highest BCUT2D eigenvalue weighted by Gasteiger charge is 2.16. The molecule has 92 valence electrons. The van der Waals surface area contributed by atoms with E-state index in [4.69, 9.17) is 11.6 Å². The third-order valence-corrected chi connectivity index (χ3v) is 2.69. The Balaban J connectivity index is 2.82. The first kappa shape index (κ1) is 13.7. The van der Waals surface area contributed by atoms with E-state index in [1.54, 1.807) is 24.3 Å². The van der Waals surface area contributed by atoms with Crippen LogP contribution in [0.2, 0.25) is 0 Å². The Bertz CT molecular complexity index is 401. The van der Waals surface area contributed by atoms with Gasteiger partial charge in [-0.05, 0) is 18.9 Å². The monoisotopic (exact) mass is 254 g/mol. The number of methoxy groups -OCH3 is 1. The zero-order valence-corrected chi connectivity index (χ0v) is 10.5. The van der Waals surface area contributed by atoms with E-state index in [-0.39, 0.29) is 5.78 Å². The molecule has 0 saturated heterocycles. The third kappa shape index (κ3) is 3.86. The summed E-state index contributed by atoms with van der Waals surface area (Å²) < 4.78 is 4.64. The molecular formula is C13H15ClO3. The summed E-state index contributed by atoms with van der Waals surface area (Å²) in [5.41, 5.74) is 0.750. The fourth-order valence-electron chi connectivity index (χ4n) is 1.53. The summed E-state index contributed by atoms with van der Waals surface area (Å²) in [6.45, 7) is 0. The molecule has 0 bridgehead atoms. The van der Waals surface area contributed by atoms with Crippen molar-refractivity contribution in [3.05, 3.63) is 35.4 Å². The number of rotatable bonds is 6. The van der Waals surface area contributed by atoms with Gasteiger partial charge in [-0.15, -0.1) is 11.6 Å². The van der Waals surface area contributed by atoms with E-state index in [1.165, 1.54) is 7.11 Å². The molecule has 0 N–H and O–H groups in total. The Kier molecular flexibility index (Phi) is 5.70. The van der Waals surface area contributed by atoms with Crippen molar-refractivity contribution in [2.45, 2.75) is 19.3 Å². The fraction of sp³-hybridized carbons (Fsp3) is 0.385. The Labute approximate surface area is 106 Å². The molecule has 0 aromatic heterocycles. The molecule has 0 aliphatic carbocycles. The molecule has 0 aliphatic rings. The van der Waals surface area contributed by atoms with Crippen LogP contribution in [0.25, 0.3) is 0 Å². The van der Waals surface area contributed by atoms with E-state index in [1.807, 2.05) is 0 Å². The maximum atomic E-state index is 11.9. The first-order valence-corrected chi connectivity index (χ1v) is 6.00. The van der Waals surface area contributed by atoms with Crippen molar-refractivity contribution in [3.8, 4) is 0 Å². The Morgan fingerprint density at radius 2 is 1.82 bits per heavy atom. The number of Topliss-reactive ketones (excluding diaryl/α,β-unsaturated/α-hetero) is 1. The van der Waals surface area contributed by atoms with E-state index in [2.05, 4.69) is 4.74 Å². The largest absolute Gasteiger partial charge is 0.465 e. The lowest BCUT2D eigenvalue weighted by molar-refractivity contribution is 0.0597. The summed E-state index contributed by atoms with van der Waals surface area (Å²) in [6.07, 6.45) is 1.94. The molecule has 17 heavy (non-hydrogen) atoms. The molecule has 0 spiro atoms. The maximum Gasteiger partial charge on any atom is 0.338 e. The van der Waals surface area contributed by atoms with Crippen molar-refractivity contribution < 1.29 is 14.3 Å². The maximum absolute atomic E-state index is 11.9. The molecule has 0 heterocycles. The number of carbonyl (C=O) groups excluding carboxylic acids is 2. The van der Waals surface area contributed by atoms with E-state index in [0.717, 1.165) is 12.8 Å². The van der Waals surface area contributed by atoms with Gasteiger partial charge in [-0.25, -0.2) is 4.79 Å². The van der Waals surface area contributed by atoms with Gasteiger partial charge >= 0.3 is 5.97 Å². The number of hydrogen-bond acceptors (Lipinski definition) is 3. The van der Waals surface area contributed by atoms with Gasteiger partial charge in [0.15, 0.2) is 5.78 Å². The predicted molar refractivity (Wildman–Crippen MR) is 66.7 cm³/mol. The van der Waals surface area contributed by atoms with Crippen LogP contribution in [-0.2, 0) is 4.74 Å². The van der Waals surface area contributed by atoms with Gasteiger partial charge in [0.1, 0.15) is 0 Å². The van der Waals surface area contributed by atoms with Gasteiger partial charge in [0.25, 0.3) is 0 Å². The van der Waals surface area contributed by atoms with Gasteiger partial charge in [-0.1, -0.05) is 18.2 Å². The topological polar surface area (TPSA) is 43.4 Å². The van der Waals surface area contributed by atoms with Gasteiger partial charge in [-0.2, -0.15) is 0 Å². The van der Waals surface area contributed by atoms with Crippen LogP contribution in [0.3, 0.4) is 0 Å².